The molecule has 0 saturated carbocycles. The zero-order chi connectivity index (χ0) is 40.9. The summed E-state index contributed by atoms with van der Waals surface area (Å²) < 4.78 is 0. The second-order valence-electron chi connectivity index (χ2n) is 14.2. The minimum absolute atomic E-state index is 0.0229. The van der Waals surface area contributed by atoms with Gasteiger partial charge in [-0.3, -0.25) is 24.0 Å². The fourth-order valence-electron chi connectivity index (χ4n) is 6.75. The Kier molecular flexibility index (Phi) is 13.8. The summed E-state index contributed by atoms with van der Waals surface area (Å²) in [5, 5.41) is 23.7. The van der Waals surface area contributed by atoms with E-state index >= 15 is 0 Å². The number of carboxylic acids is 1. The molecule has 5 amide bonds. The van der Waals surface area contributed by atoms with Crippen molar-refractivity contribution in [2.24, 2.45) is 0 Å². The molecule has 0 saturated heterocycles. The number of hydrogen-bond acceptors (Lipinski definition) is 6. The first-order chi connectivity index (χ1) is 28.1. The van der Waals surface area contributed by atoms with Crippen molar-refractivity contribution in [2.75, 3.05) is 6.54 Å². The number of aryl methyl sites for hydroxylation is 1. The van der Waals surface area contributed by atoms with Crippen LogP contribution in [0.4, 0.5) is 0 Å². The van der Waals surface area contributed by atoms with Crippen LogP contribution in [0.25, 0.3) is 11.1 Å². The minimum atomic E-state index is -1.37. The van der Waals surface area contributed by atoms with E-state index in [2.05, 4.69) is 26.6 Å². The Morgan fingerprint density at radius 2 is 1.00 bits per heavy atom. The van der Waals surface area contributed by atoms with E-state index in [1.165, 1.54) is 12.1 Å². The van der Waals surface area contributed by atoms with Crippen molar-refractivity contribution in [2.45, 2.75) is 56.3 Å². The molecule has 0 fully saturated rings. The smallest absolute Gasteiger partial charge is 0.326 e. The van der Waals surface area contributed by atoms with Crippen LogP contribution in [-0.4, -0.2) is 71.3 Å². The molecule has 12 heteroatoms. The van der Waals surface area contributed by atoms with Crippen molar-refractivity contribution >= 4 is 35.5 Å². The van der Waals surface area contributed by atoms with E-state index in [-0.39, 0.29) is 31.2 Å². The normalized spacial score (nSPS) is 19.5. The number of hydrogen-bond donors (Lipinski definition) is 6. The van der Waals surface area contributed by atoms with Gasteiger partial charge < -0.3 is 31.7 Å². The number of carboxylic acid groups (broad SMARTS) is 1. The van der Waals surface area contributed by atoms with Gasteiger partial charge in [0.15, 0.2) is 0 Å². The van der Waals surface area contributed by atoms with Gasteiger partial charge in [-0.15, -0.1) is 0 Å². The standard InChI is InChI=1S/C46H45N5O7/c52-41-29-47-42(53)36-23-18-33(19-24-36)28-40(46(57)58)51-45(56)38(26-31-12-6-2-7-13-31)50-44(55)39(27-32-16-21-35(22-17-32)34-14-8-3-9-15-34)49-43(54)37(48-41)25-20-30-10-4-1-5-11-30/h1-19,21-24,37-40H,20,25-29H2,(H,47,53)(H,48,52)(H,49,54)(H,50,55)(H,51,56)(H,57,58)/t37-,38-,39+,40+/m1/s1. The summed E-state index contributed by atoms with van der Waals surface area (Å²) in [6.45, 7) is -0.429. The predicted octanol–water partition coefficient (Wildman–Crippen LogP) is 3.78. The van der Waals surface area contributed by atoms with Gasteiger partial charge in [0.2, 0.25) is 23.6 Å². The number of benzene rings is 5. The van der Waals surface area contributed by atoms with Crippen LogP contribution in [0.2, 0.25) is 0 Å². The molecule has 2 aliphatic rings. The highest BCUT2D eigenvalue weighted by Gasteiger charge is 2.32. The SMILES string of the molecule is O=C1CNC(=O)c2ccc(cc2)C[C@@H](C(=O)O)NC(=O)[C@@H](Cc2ccccc2)NC(=O)[C@H](Cc2ccc(-c3ccccc3)cc2)NC(=O)[C@@H](CCc2ccccc2)N1. The van der Waals surface area contributed by atoms with Crippen LogP contribution in [0.15, 0.2) is 140 Å². The molecule has 5 aromatic carbocycles. The maximum atomic E-state index is 14.4. The number of carbonyl (C=O) groups excluding carboxylic acids is 5. The molecule has 296 valence electrons. The van der Waals surface area contributed by atoms with Gasteiger partial charge in [-0.1, -0.05) is 127 Å². The highest BCUT2D eigenvalue weighted by molar-refractivity contribution is 5.98. The van der Waals surface area contributed by atoms with Crippen molar-refractivity contribution in [3.8, 4) is 11.1 Å². The average Bonchev–Trinajstić information content (AvgIpc) is 3.24. The fourth-order valence-corrected chi connectivity index (χ4v) is 6.75. The molecule has 2 bridgehead atoms. The Hall–Kier alpha value is -7.08. The first-order valence-electron chi connectivity index (χ1n) is 19.1. The molecule has 0 unspecified atom stereocenters. The van der Waals surface area contributed by atoms with E-state index in [1.807, 2.05) is 91.0 Å². The second kappa shape index (κ2) is 19.7. The molecule has 6 N–H and O–H groups in total. The Bertz CT molecular complexity index is 2200. The molecule has 4 atom stereocenters. The summed E-state index contributed by atoms with van der Waals surface area (Å²) >= 11 is 0. The summed E-state index contributed by atoms with van der Waals surface area (Å²) in [6, 6.07) is 36.9. The summed E-state index contributed by atoms with van der Waals surface area (Å²) in [4.78, 5) is 81.3. The lowest BCUT2D eigenvalue weighted by molar-refractivity contribution is -0.142. The van der Waals surface area contributed by atoms with Gasteiger partial charge in [0.05, 0.1) is 6.54 Å². The highest BCUT2D eigenvalue weighted by Crippen LogP contribution is 2.20. The van der Waals surface area contributed by atoms with Gasteiger partial charge in [-0.05, 0) is 58.4 Å². The third-order valence-corrected chi connectivity index (χ3v) is 9.95. The Balaban J connectivity index is 1.34. The average molecular weight is 780 g/mol. The van der Waals surface area contributed by atoms with Gasteiger partial charge in [0.1, 0.15) is 24.2 Å². The van der Waals surface area contributed by atoms with Gasteiger partial charge in [0.25, 0.3) is 5.91 Å². The van der Waals surface area contributed by atoms with Crippen molar-refractivity contribution in [1.29, 1.82) is 0 Å². The summed E-state index contributed by atoms with van der Waals surface area (Å²) in [6.07, 6.45) is 0.526. The fraction of sp³-hybridized carbons (Fsp3) is 0.217. The van der Waals surface area contributed by atoms with Gasteiger partial charge in [0, 0.05) is 24.8 Å². The summed E-state index contributed by atoms with van der Waals surface area (Å²) in [5.41, 5.74) is 5.06. The quantitative estimate of drug-likeness (QED) is 0.123. The highest BCUT2D eigenvalue weighted by atomic mass is 16.4. The monoisotopic (exact) mass is 779 g/mol. The first kappa shape index (κ1) is 40.6. The van der Waals surface area contributed by atoms with Gasteiger partial charge in [-0.25, -0.2) is 4.79 Å². The van der Waals surface area contributed by atoms with E-state index in [1.54, 1.807) is 36.4 Å². The van der Waals surface area contributed by atoms with Crippen LogP contribution in [-0.2, 0) is 49.7 Å². The van der Waals surface area contributed by atoms with Crippen LogP contribution < -0.4 is 26.6 Å². The Labute approximate surface area is 336 Å². The van der Waals surface area contributed by atoms with Crippen LogP contribution in [0.5, 0.6) is 0 Å². The number of carbonyl (C=O) groups is 6. The van der Waals surface area contributed by atoms with Crippen molar-refractivity contribution in [3.63, 3.8) is 0 Å². The van der Waals surface area contributed by atoms with Gasteiger partial charge in [-0.2, -0.15) is 0 Å². The lowest BCUT2D eigenvalue weighted by Crippen LogP contribution is -2.59. The minimum Gasteiger partial charge on any atom is -0.480 e. The lowest BCUT2D eigenvalue weighted by atomic mass is 9.98. The molecule has 0 spiro atoms. The molecule has 5 aromatic rings. The lowest BCUT2D eigenvalue weighted by Gasteiger charge is -2.26. The maximum absolute atomic E-state index is 14.4. The van der Waals surface area contributed by atoms with Crippen LogP contribution in [0.3, 0.4) is 0 Å². The van der Waals surface area contributed by atoms with E-state index in [0.29, 0.717) is 23.1 Å². The molecule has 7 rings (SSSR count). The molecule has 0 aliphatic carbocycles. The van der Waals surface area contributed by atoms with E-state index < -0.39 is 66.2 Å². The molecule has 0 aromatic heterocycles. The zero-order valence-corrected chi connectivity index (χ0v) is 31.7. The van der Waals surface area contributed by atoms with E-state index in [9.17, 15) is 33.9 Å². The summed E-state index contributed by atoms with van der Waals surface area (Å²) in [7, 11) is 0. The molecule has 58 heavy (non-hydrogen) atoms. The predicted molar refractivity (Wildman–Crippen MR) is 218 cm³/mol. The van der Waals surface area contributed by atoms with E-state index in [4.69, 9.17) is 0 Å². The topological polar surface area (TPSA) is 183 Å². The maximum Gasteiger partial charge on any atom is 0.326 e. The third-order valence-electron chi connectivity index (χ3n) is 9.95. The largest absolute Gasteiger partial charge is 0.480 e. The third kappa shape index (κ3) is 11.5. The number of aliphatic carboxylic acids is 1. The van der Waals surface area contributed by atoms with Gasteiger partial charge >= 0.3 is 5.97 Å². The van der Waals surface area contributed by atoms with Crippen molar-refractivity contribution in [3.05, 3.63) is 167 Å². The molecule has 0 radical (unpaired) electrons. The summed E-state index contributed by atoms with van der Waals surface area (Å²) in [5.74, 6) is -4.53. The Morgan fingerprint density at radius 1 is 0.517 bits per heavy atom. The van der Waals surface area contributed by atoms with Crippen LogP contribution >= 0.6 is 0 Å². The Morgan fingerprint density at radius 3 is 1.59 bits per heavy atom. The molecule has 2 aliphatic heterocycles. The molecule has 12 nitrogen and oxygen atoms in total. The van der Waals surface area contributed by atoms with E-state index in [0.717, 1.165) is 16.7 Å². The first-order valence-corrected chi connectivity index (χ1v) is 19.1. The number of rotatable bonds is 9. The van der Waals surface area contributed by atoms with Crippen molar-refractivity contribution in [1.82, 2.24) is 26.6 Å². The van der Waals surface area contributed by atoms with Crippen LogP contribution in [0, 0.1) is 0 Å². The van der Waals surface area contributed by atoms with Crippen molar-refractivity contribution < 1.29 is 33.9 Å². The molecule has 2 heterocycles. The molecular formula is C46H45N5O7. The zero-order valence-electron chi connectivity index (χ0n) is 31.7. The number of amides is 5. The second-order valence-corrected chi connectivity index (χ2v) is 14.2. The van der Waals surface area contributed by atoms with Crippen LogP contribution in [0.1, 0.15) is 39.0 Å². The molecular weight excluding hydrogens is 735 g/mol. The number of fused-ring (bicyclic) bond motifs is 17. The number of nitrogens with one attached hydrogen (secondary N) is 5.